The largest absolute Gasteiger partial charge is 0.326 e. The van der Waals surface area contributed by atoms with Gasteiger partial charge in [-0.25, -0.2) is 0 Å². The summed E-state index contributed by atoms with van der Waals surface area (Å²) in [6, 6.07) is 5.83. The molecular formula is C11H14Cl2N2. The van der Waals surface area contributed by atoms with E-state index in [2.05, 4.69) is 11.9 Å². The van der Waals surface area contributed by atoms with E-state index in [1.807, 2.05) is 12.1 Å². The highest BCUT2D eigenvalue weighted by Crippen LogP contribution is 2.29. The topological polar surface area (TPSA) is 29.3 Å². The Labute approximate surface area is 100.0 Å². The summed E-state index contributed by atoms with van der Waals surface area (Å²) in [5.74, 6) is 0.339. The molecule has 2 rings (SSSR count). The van der Waals surface area contributed by atoms with Gasteiger partial charge in [-0.05, 0) is 30.8 Å². The van der Waals surface area contributed by atoms with Crippen molar-refractivity contribution in [2.24, 2.45) is 5.73 Å². The Morgan fingerprint density at radius 3 is 2.27 bits per heavy atom. The molecular weight excluding hydrogens is 231 g/mol. The van der Waals surface area contributed by atoms with Gasteiger partial charge in [0.15, 0.2) is 0 Å². The Kier molecular flexibility index (Phi) is 3.21. The standard InChI is InChI=1S/C11H14Cl2N2/c1-15-5-10(11(14)6-15)7-2-8(12)4-9(13)3-7/h2-4,10-11H,5-6,14H2,1H3. The fourth-order valence-electron chi connectivity index (χ4n) is 2.17. The molecule has 82 valence electrons. The Morgan fingerprint density at radius 1 is 1.20 bits per heavy atom. The second-order valence-corrected chi connectivity index (χ2v) is 5.07. The van der Waals surface area contributed by atoms with Gasteiger partial charge in [0.05, 0.1) is 0 Å². The van der Waals surface area contributed by atoms with Crippen molar-refractivity contribution in [3.63, 3.8) is 0 Å². The van der Waals surface area contributed by atoms with Crippen LogP contribution in [0.5, 0.6) is 0 Å². The monoisotopic (exact) mass is 244 g/mol. The molecule has 1 heterocycles. The molecule has 4 heteroatoms. The van der Waals surface area contributed by atoms with Crippen LogP contribution in [0.15, 0.2) is 18.2 Å². The van der Waals surface area contributed by atoms with Crippen LogP contribution in [0, 0.1) is 0 Å². The second-order valence-electron chi connectivity index (χ2n) is 4.19. The van der Waals surface area contributed by atoms with Crippen LogP contribution < -0.4 is 5.73 Å². The molecule has 2 atom stereocenters. The third-order valence-corrected chi connectivity index (χ3v) is 3.30. The van der Waals surface area contributed by atoms with E-state index in [0.717, 1.165) is 18.7 Å². The van der Waals surface area contributed by atoms with Gasteiger partial charge >= 0.3 is 0 Å². The molecule has 2 N–H and O–H groups in total. The molecule has 2 unspecified atom stereocenters. The van der Waals surface area contributed by atoms with Crippen LogP contribution in [0.25, 0.3) is 0 Å². The molecule has 0 spiro atoms. The van der Waals surface area contributed by atoms with Gasteiger partial charge in [0.1, 0.15) is 0 Å². The van der Waals surface area contributed by atoms with Crippen LogP contribution in [0.3, 0.4) is 0 Å². The third-order valence-electron chi connectivity index (χ3n) is 2.86. The molecule has 0 saturated carbocycles. The zero-order valence-electron chi connectivity index (χ0n) is 8.58. The molecule has 0 aliphatic carbocycles. The normalized spacial score (nSPS) is 27.2. The van der Waals surface area contributed by atoms with E-state index < -0.39 is 0 Å². The maximum absolute atomic E-state index is 6.07. The van der Waals surface area contributed by atoms with E-state index in [-0.39, 0.29) is 6.04 Å². The lowest BCUT2D eigenvalue weighted by molar-refractivity contribution is 0.407. The number of nitrogens with two attached hydrogens (primary N) is 1. The summed E-state index contributed by atoms with van der Waals surface area (Å²) in [6.45, 7) is 1.90. The highest BCUT2D eigenvalue weighted by atomic mass is 35.5. The van der Waals surface area contributed by atoms with E-state index in [9.17, 15) is 0 Å². The van der Waals surface area contributed by atoms with Crippen LogP contribution in [-0.2, 0) is 0 Å². The van der Waals surface area contributed by atoms with Crippen molar-refractivity contribution in [3.05, 3.63) is 33.8 Å². The molecule has 0 amide bonds. The zero-order valence-corrected chi connectivity index (χ0v) is 10.1. The molecule has 0 radical (unpaired) electrons. The van der Waals surface area contributed by atoms with Crippen LogP contribution in [0.1, 0.15) is 11.5 Å². The van der Waals surface area contributed by atoms with E-state index >= 15 is 0 Å². The number of hydrogen-bond acceptors (Lipinski definition) is 2. The van der Waals surface area contributed by atoms with Crippen LogP contribution in [-0.4, -0.2) is 31.1 Å². The van der Waals surface area contributed by atoms with Crippen molar-refractivity contribution >= 4 is 23.2 Å². The summed E-state index contributed by atoms with van der Waals surface area (Å²) >= 11 is 11.9. The first-order valence-electron chi connectivity index (χ1n) is 4.96. The van der Waals surface area contributed by atoms with Crippen molar-refractivity contribution in [1.29, 1.82) is 0 Å². The minimum atomic E-state index is 0.171. The van der Waals surface area contributed by atoms with Gasteiger partial charge < -0.3 is 10.6 Å². The molecule has 1 aromatic carbocycles. The Hall–Kier alpha value is -0.280. The summed E-state index contributed by atoms with van der Waals surface area (Å²) in [4.78, 5) is 2.23. The molecule has 1 aromatic rings. The van der Waals surface area contributed by atoms with Crippen LogP contribution in [0.4, 0.5) is 0 Å². The van der Waals surface area contributed by atoms with Crippen molar-refractivity contribution in [2.75, 3.05) is 20.1 Å². The van der Waals surface area contributed by atoms with E-state index in [4.69, 9.17) is 28.9 Å². The smallest absolute Gasteiger partial charge is 0.0423 e. The van der Waals surface area contributed by atoms with Gasteiger partial charge in [0.25, 0.3) is 0 Å². The van der Waals surface area contributed by atoms with E-state index in [0.29, 0.717) is 16.0 Å². The Balaban J connectivity index is 2.29. The average molecular weight is 245 g/mol. The minimum absolute atomic E-state index is 0.171. The number of rotatable bonds is 1. The number of halogens is 2. The molecule has 15 heavy (non-hydrogen) atoms. The van der Waals surface area contributed by atoms with Crippen molar-refractivity contribution in [3.8, 4) is 0 Å². The van der Waals surface area contributed by atoms with Crippen LogP contribution in [0.2, 0.25) is 10.0 Å². The first kappa shape index (κ1) is 11.2. The predicted octanol–water partition coefficient (Wildman–Crippen LogP) is 2.35. The quantitative estimate of drug-likeness (QED) is 0.822. The summed E-state index contributed by atoms with van der Waals surface area (Å²) in [7, 11) is 2.08. The summed E-state index contributed by atoms with van der Waals surface area (Å²) in [6.07, 6.45) is 0. The molecule has 1 aliphatic heterocycles. The van der Waals surface area contributed by atoms with Gasteiger partial charge in [-0.3, -0.25) is 0 Å². The van der Waals surface area contributed by atoms with Crippen molar-refractivity contribution in [1.82, 2.24) is 4.90 Å². The Morgan fingerprint density at radius 2 is 1.80 bits per heavy atom. The van der Waals surface area contributed by atoms with Gasteiger partial charge in [-0.1, -0.05) is 23.2 Å². The number of likely N-dealkylation sites (tertiary alicyclic amines) is 1. The number of benzene rings is 1. The number of hydrogen-bond donors (Lipinski definition) is 1. The number of nitrogens with zero attached hydrogens (tertiary/aromatic N) is 1. The average Bonchev–Trinajstić information content (AvgIpc) is 2.43. The second kappa shape index (κ2) is 4.30. The van der Waals surface area contributed by atoms with Gasteiger partial charge in [-0.2, -0.15) is 0 Å². The van der Waals surface area contributed by atoms with E-state index in [1.54, 1.807) is 6.07 Å². The lowest BCUT2D eigenvalue weighted by atomic mass is 9.95. The summed E-state index contributed by atoms with van der Waals surface area (Å²) in [5.41, 5.74) is 7.22. The van der Waals surface area contributed by atoms with Crippen LogP contribution >= 0.6 is 23.2 Å². The third kappa shape index (κ3) is 2.45. The lowest BCUT2D eigenvalue weighted by Crippen LogP contribution is -2.27. The highest BCUT2D eigenvalue weighted by molar-refractivity contribution is 6.34. The SMILES string of the molecule is CN1CC(N)C(c2cc(Cl)cc(Cl)c2)C1. The molecule has 0 bridgehead atoms. The van der Waals surface area contributed by atoms with Gasteiger partial charge in [0, 0.05) is 35.1 Å². The molecule has 1 aliphatic rings. The van der Waals surface area contributed by atoms with Gasteiger partial charge in [-0.15, -0.1) is 0 Å². The maximum atomic E-state index is 6.07. The highest BCUT2D eigenvalue weighted by Gasteiger charge is 2.29. The summed E-state index contributed by atoms with van der Waals surface area (Å²) in [5, 5.41) is 1.36. The summed E-state index contributed by atoms with van der Waals surface area (Å²) < 4.78 is 0. The lowest BCUT2D eigenvalue weighted by Gasteiger charge is -2.15. The van der Waals surface area contributed by atoms with Crippen molar-refractivity contribution < 1.29 is 0 Å². The predicted molar refractivity (Wildman–Crippen MR) is 64.7 cm³/mol. The first-order valence-corrected chi connectivity index (χ1v) is 5.72. The fraction of sp³-hybridized carbons (Fsp3) is 0.455. The molecule has 2 nitrogen and oxygen atoms in total. The zero-order chi connectivity index (χ0) is 11.0. The number of likely N-dealkylation sites (N-methyl/N-ethyl adjacent to an activating group) is 1. The van der Waals surface area contributed by atoms with E-state index in [1.165, 1.54) is 0 Å². The molecule has 0 aromatic heterocycles. The minimum Gasteiger partial charge on any atom is -0.326 e. The Bertz CT molecular complexity index is 347. The van der Waals surface area contributed by atoms with Crippen molar-refractivity contribution in [2.45, 2.75) is 12.0 Å². The molecule has 1 saturated heterocycles. The maximum Gasteiger partial charge on any atom is 0.0423 e. The first-order chi connectivity index (χ1) is 7.06. The molecule has 1 fully saturated rings. The van der Waals surface area contributed by atoms with Gasteiger partial charge in [0.2, 0.25) is 0 Å². The fourth-order valence-corrected chi connectivity index (χ4v) is 2.72.